The largest absolute Gasteiger partial charge is 0.399 e. The van der Waals surface area contributed by atoms with E-state index >= 15 is 0 Å². The van der Waals surface area contributed by atoms with Crippen molar-refractivity contribution < 1.29 is 4.79 Å². The fourth-order valence-electron chi connectivity index (χ4n) is 2.68. The molecule has 4 heteroatoms. The van der Waals surface area contributed by atoms with Crippen molar-refractivity contribution in [1.29, 1.82) is 0 Å². The minimum Gasteiger partial charge on any atom is -0.399 e. The molecule has 0 aromatic heterocycles. The van der Waals surface area contributed by atoms with Crippen LogP contribution in [0.15, 0.2) is 24.3 Å². The monoisotopic (exact) mass is 261 g/mol. The second-order valence-corrected chi connectivity index (χ2v) is 5.24. The molecule has 104 valence electrons. The number of amides is 1. The number of nitrogen functional groups attached to an aromatic ring is 1. The predicted octanol–water partition coefficient (Wildman–Crippen LogP) is 1.36. The summed E-state index contributed by atoms with van der Waals surface area (Å²) in [6.45, 7) is 8.04. The summed E-state index contributed by atoms with van der Waals surface area (Å²) >= 11 is 0. The van der Waals surface area contributed by atoms with Crippen LogP contribution in [0.3, 0.4) is 0 Å². The highest BCUT2D eigenvalue weighted by Gasteiger charge is 2.25. The molecular formula is C15H23N3O. The molecular weight excluding hydrogens is 238 g/mol. The van der Waals surface area contributed by atoms with Gasteiger partial charge in [0.1, 0.15) is 0 Å². The number of anilines is 1. The van der Waals surface area contributed by atoms with Crippen molar-refractivity contribution in [2.24, 2.45) is 0 Å². The van der Waals surface area contributed by atoms with Crippen molar-refractivity contribution in [3.05, 3.63) is 29.8 Å². The fourth-order valence-corrected chi connectivity index (χ4v) is 2.68. The van der Waals surface area contributed by atoms with E-state index in [4.69, 9.17) is 5.73 Å². The van der Waals surface area contributed by atoms with Crippen LogP contribution in [-0.2, 0) is 11.2 Å². The Hall–Kier alpha value is -1.55. The van der Waals surface area contributed by atoms with Crippen LogP contribution in [0.4, 0.5) is 5.69 Å². The molecule has 1 aromatic carbocycles. The fraction of sp³-hybridized carbons (Fsp3) is 0.533. The third-order valence-corrected chi connectivity index (χ3v) is 3.83. The zero-order valence-corrected chi connectivity index (χ0v) is 11.8. The summed E-state index contributed by atoms with van der Waals surface area (Å²) in [5.41, 5.74) is 7.45. The summed E-state index contributed by atoms with van der Waals surface area (Å²) in [7, 11) is 0. The van der Waals surface area contributed by atoms with E-state index in [-0.39, 0.29) is 5.91 Å². The van der Waals surface area contributed by atoms with Gasteiger partial charge in [0.2, 0.25) is 5.91 Å². The SMILES string of the molecule is CCN1CCN(C(=O)Cc2cccc(N)c2)CC1C. The van der Waals surface area contributed by atoms with Gasteiger partial charge in [-0.3, -0.25) is 9.69 Å². The third-order valence-electron chi connectivity index (χ3n) is 3.83. The van der Waals surface area contributed by atoms with Crippen molar-refractivity contribution in [3.8, 4) is 0 Å². The zero-order chi connectivity index (χ0) is 13.8. The highest BCUT2D eigenvalue weighted by atomic mass is 16.2. The number of rotatable bonds is 3. The van der Waals surface area contributed by atoms with Crippen LogP contribution in [0.2, 0.25) is 0 Å². The minimum atomic E-state index is 0.202. The molecule has 0 aliphatic carbocycles. The number of nitrogens with two attached hydrogens (primary N) is 1. The first-order valence-corrected chi connectivity index (χ1v) is 6.96. The zero-order valence-electron chi connectivity index (χ0n) is 11.8. The number of hydrogen-bond acceptors (Lipinski definition) is 3. The Kier molecular flexibility index (Phi) is 4.43. The van der Waals surface area contributed by atoms with Gasteiger partial charge in [0.25, 0.3) is 0 Å². The van der Waals surface area contributed by atoms with Gasteiger partial charge in [-0.2, -0.15) is 0 Å². The molecule has 1 fully saturated rings. The van der Waals surface area contributed by atoms with Gasteiger partial charge in [-0.1, -0.05) is 19.1 Å². The highest BCUT2D eigenvalue weighted by Crippen LogP contribution is 2.12. The lowest BCUT2D eigenvalue weighted by Gasteiger charge is -2.39. The van der Waals surface area contributed by atoms with Crippen molar-refractivity contribution >= 4 is 11.6 Å². The van der Waals surface area contributed by atoms with Crippen molar-refractivity contribution in [3.63, 3.8) is 0 Å². The molecule has 1 unspecified atom stereocenters. The van der Waals surface area contributed by atoms with Crippen molar-refractivity contribution in [1.82, 2.24) is 9.80 Å². The van der Waals surface area contributed by atoms with E-state index in [0.29, 0.717) is 12.5 Å². The second kappa shape index (κ2) is 6.06. The summed E-state index contributed by atoms with van der Waals surface area (Å²) in [5.74, 6) is 0.202. The van der Waals surface area contributed by atoms with E-state index in [0.717, 1.165) is 37.4 Å². The Labute approximate surface area is 115 Å². The molecule has 1 saturated heterocycles. The topological polar surface area (TPSA) is 49.6 Å². The Bertz CT molecular complexity index is 447. The van der Waals surface area contributed by atoms with E-state index in [9.17, 15) is 4.79 Å². The van der Waals surface area contributed by atoms with Gasteiger partial charge in [0.15, 0.2) is 0 Å². The van der Waals surface area contributed by atoms with Crippen LogP contribution >= 0.6 is 0 Å². The minimum absolute atomic E-state index is 0.202. The predicted molar refractivity (Wildman–Crippen MR) is 77.8 cm³/mol. The number of benzene rings is 1. The Morgan fingerprint density at radius 1 is 1.42 bits per heavy atom. The van der Waals surface area contributed by atoms with Crippen LogP contribution in [0.25, 0.3) is 0 Å². The molecule has 0 spiro atoms. The maximum Gasteiger partial charge on any atom is 0.227 e. The van der Waals surface area contributed by atoms with Crippen LogP contribution in [0.5, 0.6) is 0 Å². The van der Waals surface area contributed by atoms with E-state index in [2.05, 4.69) is 18.7 Å². The van der Waals surface area contributed by atoms with Gasteiger partial charge in [0.05, 0.1) is 6.42 Å². The van der Waals surface area contributed by atoms with E-state index in [1.54, 1.807) is 0 Å². The second-order valence-electron chi connectivity index (χ2n) is 5.24. The summed E-state index contributed by atoms with van der Waals surface area (Å²) in [4.78, 5) is 16.7. The van der Waals surface area contributed by atoms with E-state index < -0.39 is 0 Å². The Morgan fingerprint density at radius 2 is 2.21 bits per heavy atom. The molecule has 2 N–H and O–H groups in total. The Morgan fingerprint density at radius 3 is 2.84 bits per heavy atom. The number of carbonyl (C=O) groups excluding carboxylic acids is 1. The summed E-state index contributed by atoms with van der Waals surface area (Å²) in [6.07, 6.45) is 0.448. The quantitative estimate of drug-likeness (QED) is 0.836. The van der Waals surface area contributed by atoms with Crippen LogP contribution in [0.1, 0.15) is 19.4 Å². The molecule has 0 bridgehead atoms. The van der Waals surface area contributed by atoms with E-state index in [1.165, 1.54) is 0 Å². The number of hydrogen-bond donors (Lipinski definition) is 1. The molecule has 0 saturated carbocycles. The highest BCUT2D eigenvalue weighted by molar-refractivity contribution is 5.79. The number of carbonyl (C=O) groups is 1. The van der Waals surface area contributed by atoms with E-state index in [1.807, 2.05) is 29.2 Å². The summed E-state index contributed by atoms with van der Waals surface area (Å²) < 4.78 is 0. The van der Waals surface area contributed by atoms with Gasteiger partial charge in [-0.15, -0.1) is 0 Å². The molecule has 1 aliphatic heterocycles. The maximum absolute atomic E-state index is 12.3. The van der Waals surface area contributed by atoms with Gasteiger partial charge < -0.3 is 10.6 Å². The third kappa shape index (κ3) is 3.47. The van der Waals surface area contributed by atoms with Crippen LogP contribution in [0, 0.1) is 0 Å². The molecule has 1 aliphatic rings. The average molecular weight is 261 g/mol. The molecule has 1 aromatic rings. The smallest absolute Gasteiger partial charge is 0.227 e. The molecule has 4 nitrogen and oxygen atoms in total. The standard InChI is InChI=1S/C15H23N3O/c1-3-17-7-8-18(11-12(17)2)15(19)10-13-5-4-6-14(16)9-13/h4-6,9,12H,3,7-8,10-11,16H2,1-2H3. The molecule has 19 heavy (non-hydrogen) atoms. The Balaban J connectivity index is 1.94. The van der Waals surface area contributed by atoms with Crippen LogP contribution in [-0.4, -0.2) is 47.9 Å². The number of piperazine rings is 1. The average Bonchev–Trinajstić information content (AvgIpc) is 2.38. The molecule has 1 atom stereocenters. The number of likely N-dealkylation sites (N-methyl/N-ethyl adjacent to an activating group) is 1. The summed E-state index contributed by atoms with van der Waals surface area (Å²) in [5, 5.41) is 0. The van der Waals surface area contributed by atoms with Crippen LogP contribution < -0.4 is 5.73 Å². The first-order valence-electron chi connectivity index (χ1n) is 6.96. The van der Waals surface area contributed by atoms with Gasteiger partial charge in [-0.25, -0.2) is 0 Å². The maximum atomic E-state index is 12.3. The normalized spacial score (nSPS) is 20.5. The molecule has 2 rings (SSSR count). The first kappa shape index (κ1) is 13.9. The lowest BCUT2D eigenvalue weighted by atomic mass is 10.1. The first-order chi connectivity index (χ1) is 9.10. The van der Waals surface area contributed by atoms with Crippen molar-refractivity contribution in [2.75, 3.05) is 31.9 Å². The lowest BCUT2D eigenvalue weighted by Crippen LogP contribution is -2.53. The van der Waals surface area contributed by atoms with Crippen molar-refractivity contribution in [2.45, 2.75) is 26.3 Å². The lowest BCUT2D eigenvalue weighted by molar-refractivity contribution is -0.133. The number of nitrogens with zero attached hydrogens (tertiary/aromatic N) is 2. The molecule has 1 heterocycles. The van der Waals surface area contributed by atoms with Gasteiger partial charge in [0, 0.05) is 31.4 Å². The van der Waals surface area contributed by atoms with Gasteiger partial charge >= 0.3 is 0 Å². The molecule has 0 radical (unpaired) electrons. The van der Waals surface area contributed by atoms with Gasteiger partial charge in [-0.05, 0) is 31.2 Å². The molecule has 1 amide bonds. The summed E-state index contributed by atoms with van der Waals surface area (Å²) in [6, 6.07) is 8.03.